The molecule has 0 aliphatic carbocycles. The highest BCUT2D eigenvalue weighted by atomic mass is 16.7. The van der Waals surface area contributed by atoms with Gasteiger partial charge in [-0.05, 0) is 36.8 Å². The summed E-state index contributed by atoms with van der Waals surface area (Å²) in [6, 6.07) is 13.5. The molecular formula is C21H22N2O4. The van der Waals surface area contributed by atoms with Gasteiger partial charge in [-0.1, -0.05) is 23.8 Å². The van der Waals surface area contributed by atoms with Gasteiger partial charge in [0, 0.05) is 32.2 Å². The molecule has 0 bridgehead atoms. The SMILES string of the molecule is Cc1ccc(N2CC(C(=O)N(C)Cc3ccc4c(c3)OCO4)CC2=O)cc1. The van der Waals surface area contributed by atoms with E-state index in [0.29, 0.717) is 18.8 Å². The van der Waals surface area contributed by atoms with E-state index in [9.17, 15) is 9.59 Å². The van der Waals surface area contributed by atoms with Crippen LogP contribution in [-0.2, 0) is 16.1 Å². The first-order valence-electron chi connectivity index (χ1n) is 9.02. The van der Waals surface area contributed by atoms with Crippen LogP contribution in [-0.4, -0.2) is 37.1 Å². The molecule has 1 atom stereocenters. The Kier molecular flexibility index (Phi) is 4.48. The van der Waals surface area contributed by atoms with Gasteiger partial charge < -0.3 is 19.3 Å². The zero-order chi connectivity index (χ0) is 19.0. The minimum Gasteiger partial charge on any atom is -0.454 e. The van der Waals surface area contributed by atoms with Gasteiger partial charge in [0.2, 0.25) is 18.6 Å². The van der Waals surface area contributed by atoms with Crippen LogP contribution in [0.2, 0.25) is 0 Å². The molecular weight excluding hydrogens is 344 g/mol. The second-order valence-corrected chi connectivity index (χ2v) is 7.12. The van der Waals surface area contributed by atoms with Gasteiger partial charge in [-0.3, -0.25) is 9.59 Å². The van der Waals surface area contributed by atoms with E-state index in [1.54, 1.807) is 16.8 Å². The Hall–Kier alpha value is -3.02. The molecule has 0 N–H and O–H groups in total. The third-order valence-electron chi connectivity index (χ3n) is 5.05. The Labute approximate surface area is 158 Å². The number of ether oxygens (including phenoxy) is 2. The standard InChI is InChI=1S/C21H22N2O4/c1-14-3-6-17(7-4-14)23-12-16(10-20(23)24)21(25)22(2)11-15-5-8-18-19(9-15)27-13-26-18/h3-9,16H,10-13H2,1-2H3. The molecule has 0 spiro atoms. The van der Waals surface area contributed by atoms with Crippen molar-refractivity contribution < 1.29 is 19.1 Å². The summed E-state index contributed by atoms with van der Waals surface area (Å²) in [7, 11) is 1.77. The molecule has 0 saturated carbocycles. The van der Waals surface area contributed by atoms with Crippen molar-refractivity contribution in [1.82, 2.24) is 4.90 Å². The maximum atomic E-state index is 12.9. The van der Waals surface area contributed by atoms with E-state index in [0.717, 1.165) is 22.6 Å². The van der Waals surface area contributed by atoms with Gasteiger partial charge in [0.25, 0.3) is 0 Å². The molecule has 1 unspecified atom stereocenters. The molecule has 6 nitrogen and oxygen atoms in total. The molecule has 140 valence electrons. The van der Waals surface area contributed by atoms with Gasteiger partial charge in [0.15, 0.2) is 11.5 Å². The minimum absolute atomic E-state index is 0.00585. The maximum Gasteiger partial charge on any atom is 0.231 e. The van der Waals surface area contributed by atoms with Crippen molar-refractivity contribution in [3.05, 3.63) is 53.6 Å². The highest BCUT2D eigenvalue weighted by Crippen LogP contribution is 2.33. The Morgan fingerprint density at radius 1 is 1.15 bits per heavy atom. The first kappa shape index (κ1) is 17.4. The molecule has 6 heteroatoms. The van der Waals surface area contributed by atoms with Crippen LogP contribution in [0.4, 0.5) is 5.69 Å². The average Bonchev–Trinajstić information content (AvgIpc) is 3.28. The van der Waals surface area contributed by atoms with E-state index < -0.39 is 0 Å². The van der Waals surface area contributed by atoms with Gasteiger partial charge >= 0.3 is 0 Å². The second-order valence-electron chi connectivity index (χ2n) is 7.12. The van der Waals surface area contributed by atoms with Crippen LogP contribution < -0.4 is 14.4 Å². The van der Waals surface area contributed by atoms with E-state index in [1.807, 2.05) is 49.4 Å². The number of fused-ring (bicyclic) bond motifs is 1. The number of anilines is 1. The summed E-state index contributed by atoms with van der Waals surface area (Å²) in [5.41, 5.74) is 2.95. The quantitative estimate of drug-likeness (QED) is 0.835. The fourth-order valence-corrected chi connectivity index (χ4v) is 3.55. The fraction of sp³-hybridized carbons (Fsp3) is 0.333. The molecule has 0 aromatic heterocycles. The van der Waals surface area contributed by atoms with Crippen molar-refractivity contribution in [2.24, 2.45) is 5.92 Å². The Bertz CT molecular complexity index is 878. The third-order valence-corrected chi connectivity index (χ3v) is 5.05. The highest BCUT2D eigenvalue weighted by molar-refractivity contribution is 6.00. The van der Waals surface area contributed by atoms with Crippen LogP contribution >= 0.6 is 0 Å². The lowest BCUT2D eigenvalue weighted by Crippen LogP contribution is -2.34. The Morgan fingerprint density at radius 3 is 2.67 bits per heavy atom. The normalized spacial score (nSPS) is 18.1. The molecule has 2 heterocycles. The summed E-state index contributed by atoms with van der Waals surface area (Å²) in [5, 5.41) is 0. The fourth-order valence-electron chi connectivity index (χ4n) is 3.55. The van der Waals surface area contributed by atoms with Crippen LogP contribution in [0.3, 0.4) is 0 Å². The van der Waals surface area contributed by atoms with Crippen molar-refractivity contribution >= 4 is 17.5 Å². The lowest BCUT2D eigenvalue weighted by Gasteiger charge is -2.22. The number of nitrogens with zero attached hydrogens (tertiary/aromatic N) is 2. The number of hydrogen-bond donors (Lipinski definition) is 0. The zero-order valence-corrected chi connectivity index (χ0v) is 15.5. The topological polar surface area (TPSA) is 59.1 Å². The van der Waals surface area contributed by atoms with Crippen molar-refractivity contribution in [3.63, 3.8) is 0 Å². The van der Waals surface area contributed by atoms with E-state index in [-0.39, 0.29) is 30.9 Å². The molecule has 4 rings (SSSR count). The average molecular weight is 366 g/mol. The van der Waals surface area contributed by atoms with Crippen molar-refractivity contribution in [1.29, 1.82) is 0 Å². The molecule has 2 aliphatic rings. The molecule has 27 heavy (non-hydrogen) atoms. The highest BCUT2D eigenvalue weighted by Gasteiger charge is 2.36. The first-order valence-corrected chi connectivity index (χ1v) is 9.02. The summed E-state index contributed by atoms with van der Waals surface area (Å²) in [6.07, 6.45) is 0.248. The molecule has 1 fully saturated rings. The van der Waals surface area contributed by atoms with Crippen molar-refractivity contribution in [2.45, 2.75) is 19.9 Å². The monoisotopic (exact) mass is 366 g/mol. The first-order chi connectivity index (χ1) is 13.0. The van der Waals surface area contributed by atoms with Gasteiger partial charge in [-0.2, -0.15) is 0 Å². The molecule has 1 saturated heterocycles. The summed E-state index contributed by atoms with van der Waals surface area (Å²) in [6.45, 7) is 3.12. The number of aryl methyl sites for hydroxylation is 1. The minimum atomic E-state index is -0.321. The summed E-state index contributed by atoms with van der Waals surface area (Å²) >= 11 is 0. The molecule has 2 aliphatic heterocycles. The number of benzene rings is 2. The Morgan fingerprint density at radius 2 is 1.89 bits per heavy atom. The van der Waals surface area contributed by atoms with E-state index in [2.05, 4.69) is 0 Å². The smallest absolute Gasteiger partial charge is 0.231 e. The summed E-state index contributed by atoms with van der Waals surface area (Å²) < 4.78 is 10.7. The number of hydrogen-bond acceptors (Lipinski definition) is 4. The number of carbonyl (C=O) groups is 2. The summed E-state index contributed by atoms with van der Waals surface area (Å²) in [4.78, 5) is 28.6. The van der Waals surface area contributed by atoms with Crippen LogP contribution in [0, 0.1) is 12.8 Å². The Balaban J connectivity index is 1.41. The number of rotatable bonds is 4. The van der Waals surface area contributed by atoms with E-state index >= 15 is 0 Å². The van der Waals surface area contributed by atoms with Crippen LogP contribution in [0.25, 0.3) is 0 Å². The zero-order valence-electron chi connectivity index (χ0n) is 15.5. The molecule has 2 aromatic rings. The third kappa shape index (κ3) is 3.47. The lowest BCUT2D eigenvalue weighted by atomic mass is 10.1. The van der Waals surface area contributed by atoms with Crippen LogP contribution in [0.1, 0.15) is 17.5 Å². The number of carbonyl (C=O) groups excluding carboxylic acids is 2. The van der Waals surface area contributed by atoms with E-state index in [1.165, 1.54) is 0 Å². The summed E-state index contributed by atoms with van der Waals surface area (Å²) in [5.74, 6) is 1.08. The molecule has 0 radical (unpaired) electrons. The largest absolute Gasteiger partial charge is 0.454 e. The predicted octanol–water partition coefficient (Wildman–Crippen LogP) is 2.74. The van der Waals surface area contributed by atoms with Crippen molar-refractivity contribution in [2.75, 3.05) is 25.3 Å². The van der Waals surface area contributed by atoms with Crippen molar-refractivity contribution in [3.8, 4) is 11.5 Å². The number of amides is 2. The maximum absolute atomic E-state index is 12.9. The molecule has 2 aromatic carbocycles. The lowest BCUT2D eigenvalue weighted by molar-refractivity contribution is -0.135. The van der Waals surface area contributed by atoms with Crippen LogP contribution in [0.5, 0.6) is 11.5 Å². The van der Waals surface area contributed by atoms with Gasteiger partial charge in [0.1, 0.15) is 0 Å². The van der Waals surface area contributed by atoms with Gasteiger partial charge in [-0.25, -0.2) is 0 Å². The molecule has 2 amide bonds. The van der Waals surface area contributed by atoms with Gasteiger partial charge in [0.05, 0.1) is 5.92 Å². The van der Waals surface area contributed by atoms with Crippen LogP contribution in [0.15, 0.2) is 42.5 Å². The van der Waals surface area contributed by atoms with Gasteiger partial charge in [-0.15, -0.1) is 0 Å². The predicted molar refractivity (Wildman–Crippen MR) is 101 cm³/mol. The van der Waals surface area contributed by atoms with E-state index in [4.69, 9.17) is 9.47 Å². The second kappa shape index (κ2) is 6.95.